The Kier molecular flexibility index (Phi) is 3.28. The molecular weight excluding hydrogens is 328 g/mol. The van der Waals surface area contributed by atoms with E-state index in [0.717, 1.165) is 26.1 Å². The van der Waals surface area contributed by atoms with Crippen LogP contribution >= 0.6 is 0 Å². The normalized spacial score (nSPS) is 32.3. The van der Waals surface area contributed by atoms with Crippen LogP contribution in [0.5, 0.6) is 0 Å². The number of fused-ring (bicyclic) bond motifs is 3. The Labute approximate surface area is 152 Å². The minimum Gasteiger partial charge on any atom is -0.377 e. The fraction of sp³-hybridized carbons (Fsp3) is 0.714. The lowest BCUT2D eigenvalue weighted by Gasteiger charge is -2.51. The monoisotopic (exact) mass is 358 g/mol. The van der Waals surface area contributed by atoms with Gasteiger partial charge in [0.1, 0.15) is 11.7 Å². The fourth-order valence-electron chi connectivity index (χ4n) is 5.95. The summed E-state index contributed by atoms with van der Waals surface area (Å²) in [4.78, 5) is 0. The van der Waals surface area contributed by atoms with Crippen LogP contribution in [0.2, 0.25) is 19.6 Å². The number of ether oxygens (including phenoxy) is 3. The number of benzene rings is 1. The summed E-state index contributed by atoms with van der Waals surface area (Å²) in [6.07, 6.45) is 5.96. The van der Waals surface area contributed by atoms with E-state index in [9.17, 15) is 0 Å². The number of rotatable bonds is 1. The zero-order chi connectivity index (χ0) is 17.6. The third-order valence-corrected chi connectivity index (χ3v) is 8.59. The molecule has 1 spiro atoms. The average Bonchev–Trinajstić information content (AvgIpc) is 2.67. The lowest BCUT2D eigenvalue weighted by Crippen LogP contribution is -2.53. The molecule has 0 aromatic heterocycles. The highest BCUT2D eigenvalue weighted by molar-refractivity contribution is 6.89. The van der Waals surface area contributed by atoms with Crippen molar-refractivity contribution in [2.45, 2.75) is 89.7 Å². The highest BCUT2D eigenvalue weighted by atomic mass is 28.3. The number of hydrogen-bond acceptors (Lipinski definition) is 3. The molecule has 0 radical (unpaired) electrons. The van der Waals surface area contributed by atoms with Crippen LogP contribution in [0, 0.1) is 0 Å². The van der Waals surface area contributed by atoms with Crippen LogP contribution in [0.1, 0.15) is 67.0 Å². The Morgan fingerprint density at radius 2 is 1.76 bits per heavy atom. The van der Waals surface area contributed by atoms with Crippen molar-refractivity contribution in [2.75, 3.05) is 6.61 Å². The Balaban J connectivity index is 1.82. The molecule has 0 N–H and O–H groups in total. The molecule has 1 aromatic carbocycles. The Morgan fingerprint density at radius 1 is 1.00 bits per heavy atom. The summed E-state index contributed by atoms with van der Waals surface area (Å²) in [7, 11) is -1.45. The maximum atomic E-state index is 6.59. The molecule has 0 bridgehead atoms. The smallest absolute Gasteiger partial charge is 0.165 e. The van der Waals surface area contributed by atoms with Crippen LogP contribution < -0.4 is 5.19 Å². The summed E-state index contributed by atoms with van der Waals surface area (Å²) in [5, 5.41) is 1.72. The van der Waals surface area contributed by atoms with Crippen molar-refractivity contribution >= 4 is 13.3 Å². The van der Waals surface area contributed by atoms with Crippen molar-refractivity contribution in [1.82, 2.24) is 0 Å². The molecule has 25 heavy (non-hydrogen) atoms. The predicted octanol–water partition coefficient (Wildman–Crippen LogP) is 4.06. The minimum atomic E-state index is -1.45. The summed E-state index contributed by atoms with van der Waals surface area (Å²) in [6.45, 7) is 13.3. The molecule has 5 rings (SSSR count). The van der Waals surface area contributed by atoms with E-state index < -0.39 is 13.9 Å². The molecule has 0 amide bonds. The average molecular weight is 359 g/mol. The first-order valence-corrected chi connectivity index (χ1v) is 13.4. The van der Waals surface area contributed by atoms with Gasteiger partial charge in [-0.2, -0.15) is 0 Å². The molecule has 1 saturated heterocycles. The second-order valence-corrected chi connectivity index (χ2v) is 14.7. The minimum absolute atomic E-state index is 0.114. The van der Waals surface area contributed by atoms with Crippen LogP contribution in [-0.2, 0) is 39.3 Å². The van der Waals surface area contributed by atoms with Gasteiger partial charge >= 0.3 is 0 Å². The topological polar surface area (TPSA) is 27.7 Å². The first kappa shape index (κ1) is 16.5. The predicted molar refractivity (Wildman–Crippen MR) is 101 cm³/mol. The van der Waals surface area contributed by atoms with Crippen LogP contribution in [0.25, 0.3) is 0 Å². The lowest BCUT2D eigenvalue weighted by atomic mass is 9.60. The SMILES string of the molecule is CC1(C)O[C@H]2c3c4c(c([Si](C)(C)C)c5c3[C@@]2(CCC5)O1)CCCOC4. The van der Waals surface area contributed by atoms with E-state index in [1.165, 1.54) is 36.0 Å². The van der Waals surface area contributed by atoms with Gasteiger partial charge < -0.3 is 14.2 Å². The zero-order valence-corrected chi connectivity index (χ0v) is 17.3. The summed E-state index contributed by atoms with van der Waals surface area (Å²) >= 11 is 0. The van der Waals surface area contributed by atoms with E-state index in [1.54, 1.807) is 16.3 Å². The highest BCUT2D eigenvalue weighted by Gasteiger charge is 2.65. The number of hydrogen-bond donors (Lipinski definition) is 0. The Morgan fingerprint density at radius 3 is 2.52 bits per heavy atom. The van der Waals surface area contributed by atoms with Gasteiger partial charge in [0.05, 0.1) is 14.7 Å². The first-order valence-electron chi connectivity index (χ1n) is 9.92. The van der Waals surface area contributed by atoms with Gasteiger partial charge in [-0.05, 0) is 73.8 Å². The van der Waals surface area contributed by atoms with Crippen LogP contribution in [0.4, 0.5) is 0 Å². The Hall–Kier alpha value is -0.683. The standard InChI is InChI=1S/C21H30O3Si/c1-20(2)23-19-16-15-12-22-11-7-9-13(15)18(25(3,4)5)14-8-6-10-21(19,24-20)17(14)16/h19H,6-12H2,1-5H3/t19-,21+/m0/s1. The molecule has 4 aliphatic rings. The fourth-order valence-corrected chi connectivity index (χ4v) is 8.29. The van der Waals surface area contributed by atoms with E-state index >= 15 is 0 Å². The van der Waals surface area contributed by atoms with Crippen LogP contribution in [-0.4, -0.2) is 20.5 Å². The zero-order valence-electron chi connectivity index (χ0n) is 16.3. The molecule has 3 nitrogen and oxygen atoms in total. The van der Waals surface area contributed by atoms with Gasteiger partial charge in [-0.3, -0.25) is 0 Å². The highest BCUT2D eigenvalue weighted by Crippen LogP contribution is 2.66. The van der Waals surface area contributed by atoms with Crippen molar-refractivity contribution in [3.63, 3.8) is 0 Å². The maximum absolute atomic E-state index is 6.59. The van der Waals surface area contributed by atoms with Crippen molar-refractivity contribution in [3.05, 3.63) is 27.8 Å². The van der Waals surface area contributed by atoms with E-state index in [-0.39, 0.29) is 11.7 Å². The molecule has 2 atom stereocenters. The molecule has 4 heteroatoms. The molecule has 0 saturated carbocycles. The van der Waals surface area contributed by atoms with Gasteiger partial charge in [0.25, 0.3) is 0 Å². The first-order chi connectivity index (χ1) is 11.7. The van der Waals surface area contributed by atoms with E-state index in [4.69, 9.17) is 14.2 Å². The van der Waals surface area contributed by atoms with Gasteiger partial charge in [0.2, 0.25) is 0 Å². The second-order valence-electron chi connectivity index (χ2n) is 9.75. The largest absolute Gasteiger partial charge is 0.377 e. The summed E-state index contributed by atoms with van der Waals surface area (Å²) in [5.41, 5.74) is 7.49. The third kappa shape index (κ3) is 2.08. The molecular formula is C21H30O3Si. The summed E-state index contributed by atoms with van der Waals surface area (Å²) < 4.78 is 19.0. The second kappa shape index (κ2) is 4.97. The van der Waals surface area contributed by atoms with E-state index in [0.29, 0.717) is 0 Å². The lowest BCUT2D eigenvalue weighted by molar-refractivity contribution is -0.165. The molecule has 2 aliphatic carbocycles. The van der Waals surface area contributed by atoms with Crippen LogP contribution in [0.15, 0.2) is 0 Å². The molecule has 1 fully saturated rings. The third-order valence-electron chi connectivity index (χ3n) is 6.49. The summed E-state index contributed by atoms with van der Waals surface area (Å²) in [5.74, 6) is -0.490. The van der Waals surface area contributed by atoms with Gasteiger partial charge in [0, 0.05) is 6.61 Å². The quantitative estimate of drug-likeness (QED) is 0.709. The van der Waals surface area contributed by atoms with Crippen molar-refractivity contribution in [1.29, 1.82) is 0 Å². The van der Waals surface area contributed by atoms with Crippen molar-refractivity contribution in [2.24, 2.45) is 0 Å². The van der Waals surface area contributed by atoms with Gasteiger partial charge in [-0.25, -0.2) is 0 Å². The molecule has 2 aliphatic heterocycles. The molecule has 2 heterocycles. The molecule has 136 valence electrons. The van der Waals surface area contributed by atoms with Crippen molar-refractivity contribution < 1.29 is 14.2 Å². The van der Waals surface area contributed by atoms with Gasteiger partial charge in [0.15, 0.2) is 5.79 Å². The van der Waals surface area contributed by atoms with E-state index in [2.05, 4.69) is 33.5 Å². The van der Waals surface area contributed by atoms with Gasteiger partial charge in [-0.1, -0.05) is 24.8 Å². The Bertz CT molecular complexity index is 762. The van der Waals surface area contributed by atoms with Gasteiger partial charge in [-0.15, -0.1) is 0 Å². The van der Waals surface area contributed by atoms with Crippen molar-refractivity contribution in [3.8, 4) is 0 Å². The maximum Gasteiger partial charge on any atom is 0.165 e. The van der Waals surface area contributed by atoms with E-state index in [1.807, 2.05) is 0 Å². The summed E-state index contributed by atoms with van der Waals surface area (Å²) in [6, 6.07) is 0. The van der Waals surface area contributed by atoms with Crippen LogP contribution in [0.3, 0.4) is 0 Å². The molecule has 1 aromatic rings. The molecule has 0 unspecified atom stereocenters.